The maximum Gasteiger partial charge on any atom is 0.573 e. The van der Waals surface area contributed by atoms with Crippen LogP contribution in [0, 0.1) is 0 Å². The molecule has 2 aromatic carbocycles. The van der Waals surface area contributed by atoms with Crippen LogP contribution in [0.15, 0.2) is 54.6 Å². The summed E-state index contributed by atoms with van der Waals surface area (Å²) in [6.45, 7) is 1.13. The van der Waals surface area contributed by atoms with Gasteiger partial charge in [-0.05, 0) is 29.8 Å². The van der Waals surface area contributed by atoms with Crippen molar-refractivity contribution in [3.63, 3.8) is 0 Å². The number of hydrogen-bond acceptors (Lipinski definition) is 5. The Morgan fingerprint density at radius 2 is 1.71 bits per heavy atom. The Morgan fingerprint density at radius 3 is 2.35 bits per heavy atom. The number of anilines is 1. The standard InChI is InChI=1S/C21H21F3N2O4S/c22-21(23,24)30-19-4-2-1-3-17(19)7-10-20(27)25-15-16-5-8-18(9-6-16)26-11-13-31(28,29)14-12-26/h1-10H,11-15H2,(H,25,27). The summed E-state index contributed by atoms with van der Waals surface area (Å²) in [6.07, 6.45) is -2.42. The Labute approximate surface area is 178 Å². The minimum Gasteiger partial charge on any atom is -0.405 e. The van der Waals surface area contributed by atoms with Crippen LogP contribution < -0.4 is 15.0 Å². The fraction of sp³-hybridized carbons (Fsp3) is 0.286. The highest BCUT2D eigenvalue weighted by atomic mass is 32.2. The molecule has 2 aromatic rings. The lowest BCUT2D eigenvalue weighted by molar-refractivity contribution is -0.274. The molecule has 0 radical (unpaired) electrons. The molecule has 0 aliphatic carbocycles. The van der Waals surface area contributed by atoms with Gasteiger partial charge in [-0.3, -0.25) is 4.79 Å². The van der Waals surface area contributed by atoms with Crippen LogP contribution in [0.25, 0.3) is 6.08 Å². The smallest absolute Gasteiger partial charge is 0.405 e. The van der Waals surface area contributed by atoms with Crippen molar-refractivity contribution >= 4 is 27.5 Å². The number of halogens is 3. The van der Waals surface area contributed by atoms with Gasteiger partial charge in [0.05, 0.1) is 11.5 Å². The van der Waals surface area contributed by atoms with Crippen LogP contribution in [-0.2, 0) is 21.2 Å². The van der Waals surface area contributed by atoms with Crippen molar-refractivity contribution in [2.45, 2.75) is 12.9 Å². The first-order chi connectivity index (χ1) is 14.6. The molecule has 3 rings (SSSR count). The number of nitrogens with zero attached hydrogens (tertiary/aromatic N) is 1. The van der Waals surface area contributed by atoms with Crippen molar-refractivity contribution in [1.82, 2.24) is 5.32 Å². The van der Waals surface area contributed by atoms with Gasteiger partial charge in [-0.25, -0.2) is 8.42 Å². The number of ether oxygens (including phenoxy) is 1. The molecule has 1 amide bonds. The third-order valence-electron chi connectivity index (χ3n) is 4.67. The third kappa shape index (κ3) is 7.02. The van der Waals surface area contributed by atoms with E-state index >= 15 is 0 Å². The minimum absolute atomic E-state index is 0.128. The molecule has 31 heavy (non-hydrogen) atoms. The van der Waals surface area contributed by atoms with Gasteiger partial charge < -0.3 is 15.0 Å². The van der Waals surface area contributed by atoms with Crippen molar-refractivity contribution in [2.24, 2.45) is 0 Å². The van der Waals surface area contributed by atoms with Crippen LogP contribution in [0.5, 0.6) is 5.75 Å². The fourth-order valence-corrected chi connectivity index (χ4v) is 4.25. The monoisotopic (exact) mass is 454 g/mol. The van der Waals surface area contributed by atoms with E-state index in [1.807, 2.05) is 29.2 Å². The van der Waals surface area contributed by atoms with Gasteiger partial charge >= 0.3 is 6.36 Å². The number of sulfone groups is 1. The van der Waals surface area contributed by atoms with E-state index in [1.54, 1.807) is 6.07 Å². The number of carbonyl (C=O) groups excluding carboxylic acids is 1. The molecule has 1 fully saturated rings. The lowest BCUT2D eigenvalue weighted by atomic mass is 10.1. The summed E-state index contributed by atoms with van der Waals surface area (Å²) in [5.41, 5.74) is 1.87. The number of rotatable bonds is 6. The van der Waals surface area contributed by atoms with E-state index in [4.69, 9.17) is 0 Å². The predicted octanol–water partition coefficient (Wildman–Crippen LogP) is 3.15. The summed E-state index contributed by atoms with van der Waals surface area (Å²) < 4.78 is 64.4. The number of para-hydroxylation sites is 1. The second kappa shape index (κ2) is 9.42. The van der Waals surface area contributed by atoms with Crippen molar-refractivity contribution in [1.29, 1.82) is 0 Å². The molecule has 1 heterocycles. The summed E-state index contributed by atoms with van der Waals surface area (Å²) in [4.78, 5) is 14.0. The maximum atomic E-state index is 12.5. The molecular formula is C21H21F3N2O4S. The van der Waals surface area contributed by atoms with Crippen molar-refractivity contribution in [2.75, 3.05) is 29.5 Å². The number of hydrogen-bond donors (Lipinski definition) is 1. The van der Waals surface area contributed by atoms with E-state index in [9.17, 15) is 26.4 Å². The van der Waals surface area contributed by atoms with Gasteiger partial charge in [-0.15, -0.1) is 13.2 Å². The predicted molar refractivity (Wildman–Crippen MR) is 111 cm³/mol. The van der Waals surface area contributed by atoms with E-state index in [0.717, 1.165) is 17.3 Å². The lowest BCUT2D eigenvalue weighted by Gasteiger charge is -2.28. The summed E-state index contributed by atoms with van der Waals surface area (Å²) in [5, 5.41) is 2.66. The highest BCUT2D eigenvalue weighted by Gasteiger charge is 2.31. The Morgan fingerprint density at radius 1 is 1.06 bits per heavy atom. The van der Waals surface area contributed by atoms with Crippen LogP contribution in [0.4, 0.5) is 18.9 Å². The lowest BCUT2D eigenvalue weighted by Crippen LogP contribution is -2.40. The summed E-state index contributed by atoms with van der Waals surface area (Å²) >= 11 is 0. The summed E-state index contributed by atoms with van der Waals surface area (Å²) in [6, 6.07) is 12.9. The SMILES string of the molecule is O=C(C=Cc1ccccc1OC(F)(F)F)NCc1ccc(N2CCS(=O)(=O)CC2)cc1. The second-order valence-corrected chi connectivity index (χ2v) is 9.25. The van der Waals surface area contributed by atoms with Gasteiger partial charge in [-0.1, -0.05) is 30.3 Å². The van der Waals surface area contributed by atoms with Crippen LogP contribution in [0.2, 0.25) is 0 Å². The zero-order valence-electron chi connectivity index (χ0n) is 16.4. The molecule has 0 aromatic heterocycles. The Balaban J connectivity index is 1.53. The quantitative estimate of drug-likeness (QED) is 0.679. The molecule has 1 aliphatic rings. The molecule has 1 saturated heterocycles. The third-order valence-corrected chi connectivity index (χ3v) is 6.28. The molecule has 0 saturated carbocycles. The number of alkyl halides is 3. The second-order valence-electron chi connectivity index (χ2n) is 6.94. The van der Waals surface area contributed by atoms with Crippen LogP contribution >= 0.6 is 0 Å². The molecule has 0 atom stereocenters. The molecule has 6 nitrogen and oxygen atoms in total. The molecule has 1 aliphatic heterocycles. The zero-order chi connectivity index (χ0) is 22.5. The fourth-order valence-electron chi connectivity index (χ4n) is 3.04. The van der Waals surface area contributed by atoms with E-state index in [-0.39, 0.29) is 29.4 Å². The molecule has 0 spiro atoms. The molecule has 1 N–H and O–H groups in total. The number of benzene rings is 2. The van der Waals surface area contributed by atoms with Crippen molar-refractivity contribution in [3.05, 3.63) is 65.7 Å². The Hall–Kier alpha value is -3.01. The first-order valence-electron chi connectivity index (χ1n) is 9.46. The number of carbonyl (C=O) groups is 1. The molecule has 0 bridgehead atoms. The number of nitrogens with one attached hydrogen (secondary N) is 1. The summed E-state index contributed by atoms with van der Waals surface area (Å²) in [7, 11) is -2.95. The van der Waals surface area contributed by atoms with E-state index in [2.05, 4.69) is 10.1 Å². The van der Waals surface area contributed by atoms with Crippen molar-refractivity contribution in [3.8, 4) is 5.75 Å². The average Bonchev–Trinajstić information content (AvgIpc) is 2.71. The van der Waals surface area contributed by atoms with Gasteiger partial charge in [0.25, 0.3) is 0 Å². The van der Waals surface area contributed by atoms with Gasteiger partial charge in [-0.2, -0.15) is 0 Å². The first kappa shape index (κ1) is 22.7. The van der Waals surface area contributed by atoms with E-state index < -0.39 is 22.1 Å². The van der Waals surface area contributed by atoms with Crippen LogP contribution in [0.1, 0.15) is 11.1 Å². The van der Waals surface area contributed by atoms with Crippen LogP contribution in [0.3, 0.4) is 0 Å². The number of amides is 1. The molecule has 10 heteroatoms. The topological polar surface area (TPSA) is 75.7 Å². The normalized spacial score (nSPS) is 16.3. The molecule has 166 valence electrons. The van der Waals surface area contributed by atoms with Gasteiger partial charge in [0.15, 0.2) is 9.84 Å². The first-order valence-corrected chi connectivity index (χ1v) is 11.3. The van der Waals surface area contributed by atoms with Crippen molar-refractivity contribution < 1.29 is 31.1 Å². The Kier molecular flexibility index (Phi) is 6.89. The van der Waals surface area contributed by atoms with E-state index in [0.29, 0.717) is 13.1 Å². The highest BCUT2D eigenvalue weighted by molar-refractivity contribution is 7.91. The summed E-state index contributed by atoms with van der Waals surface area (Å²) in [5.74, 6) is -0.588. The van der Waals surface area contributed by atoms with Gasteiger partial charge in [0, 0.05) is 37.0 Å². The van der Waals surface area contributed by atoms with Gasteiger partial charge in [0.1, 0.15) is 5.75 Å². The molecule has 0 unspecified atom stereocenters. The largest absolute Gasteiger partial charge is 0.573 e. The molecular weight excluding hydrogens is 433 g/mol. The van der Waals surface area contributed by atoms with Gasteiger partial charge in [0.2, 0.25) is 5.91 Å². The zero-order valence-corrected chi connectivity index (χ0v) is 17.2. The van der Waals surface area contributed by atoms with Crippen LogP contribution in [-0.4, -0.2) is 45.3 Å². The Bertz CT molecular complexity index is 1040. The average molecular weight is 454 g/mol. The maximum absolute atomic E-state index is 12.5. The highest BCUT2D eigenvalue weighted by Crippen LogP contribution is 2.27. The minimum atomic E-state index is -4.82. The van der Waals surface area contributed by atoms with E-state index in [1.165, 1.54) is 24.3 Å².